The predicted molar refractivity (Wildman–Crippen MR) is 199 cm³/mol. The van der Waals surface area contributed by atoms with Gasteiger partial charge in [0, 0.05) is 16.2 Å². The van der Waals surface area contributed by atoms with Crippen molar-refractivity contribution in [2.75, 3.05) is 19.8 Å². The van der Waals surface area contributed by atoms with Crippen LogP contribution in [-0.4, -0.2) is 139 Å². The van der Waals surface area contributed by atoms with Crippen LogP contribution >= 0.6 is 0 Å². The lowest BCUT2D eigenvalue weighted by atomic mass is 9.35. The average Bonchev–Trinajstić information content (AvgIpc) is 3.13. The van der Waals surface area contributed by atoms with Crippen LogP contribution in [0.4, 0.5) is 0 Å². The van der Waals surface area contributed by atoms with Gasteiger partial charge >= 0.3 is 0 Å². The van der Waals surface area contributed by atoms with Crippen molar-refractivity contribution in [3.63, 3.8) is 0 Å². The second-order valence-electron chi connectivity index (χ2n) is 20.3. The van der Waals surface area contributed by atoms with Crippen LogP contribution in [0, 0.1) is 44.3 Å². The third-order valence-corrected chi connectivity index (χ3v) is 16.8. The molecule has 314 valence electrons. The number of rotatable bonds is 7. The zero-order chi connectivity index (χ0) is 40.3. The summed E-state index contributed by atoms with van der Waals surface area (Å²) in [5.74, 6) is 0.154. The van der Waals surface area contributed by atoms with Crippen molar-refractivity contribution in [1.29, 1.82) is 0 Å². The number of allylic oxidation sites excluding steroid dienone is 3. The van der Waals surface area contributed by atoms with Crippen molar-refractivity contribution >= 4 is 0 Å². The maximum absolute atomic E-state index is 12.0. The molecule has 0 spiro atoms. The Morgan fingerprint density at radius 1 is 0.745 bits per heavy atom. The van der Waals surface area contributed by atoms with Crippen molar-refractivity contribution in [3.05, 3.63) is 23.3 Å². The predicted octanol–water partition coefficient (Wildman–Crippen LogP) is 1.68. The van der Waals surface area contributed by atoms with Gasteiger partial charge in [-0.2, -0.15) is 0 Å². The van der Waals surface area contributed by atoms with Crippen molar-refractivity contribution in [2.45, 2.75) is 173 Å². The quantitative estimate of drug-likeness (QED) is 0.168. The first-order chi connectivity index (χ1) is 25.7. The van der Waals surface area contributed by atoms with Crippen molar-refractivity contribution in [3.8, 4) is 0 Å². The van der Waals surface area contributed by atoms with Gasteiger partial charge in [0.15, 0.2) is 12.6 Å². The molecule has 3 saturated carbocycles. The Morgan fingerprint density at radius 3 is 2.09 bits per heavy atom. The van der Waals surface area contributed by atoms with E-state index in [0.717, 1.165) is 38.5 Å². The minimum absolute atomic E-state index is 0.0212. The van der Waals surface area contributed by atoms with Crippen molar-refractivity contribution in [1.82, 2.24) is 0 Å². The largest absolute Gasteiger partial charge is 0.396 e. The fourth-order valence-corrected chi connectivity index (χ4v) is 13.0. The summed E-state index contributed by atoms with van der Waals surface area (Å²) < 4.78 is 24.0. The Labute approximate surface area is 325 Å². The first kappa shape index (κ1) is 42.1. The van der Waals surface area contributed by atoms with Gasteiger partial charge in [-0.1, -0.05) is 59.3 Å². The SMILES string of the molecule is C[C@H]1O[C@@H](O[C@H]2CC[C@@]3(C)[C@@H](CC[C@]4(C)[C@@H]3C=CC3=C5CC(C)(C)CC[C@]5(CO)[C@H](O)C[C@]34C)[C@]2(C)CO)[C@H](O)[C@@H](O[C@@H]2O[C@H](CO)[C@@H](O)[C@H](O)[C@H]2O)[C@H]1O. The van der Waals surface area contributed by atoms with Gasteiger partial charge in [-0.3, -0.25) is 0 Å². The van der Waals surface area contributed by atoms with E-state index in [1.54, 1.807) is 6.92 Å². The summed E-state index contributed by atoms with van der Waals surface area (Å²) >= 11 is 0. The molecule has 13 heteroatoms. The Morgan fingerprint density at radius 2 is 1.44 bits per heavy atom. The third-order valence-electron chi connectivity index (χ3n) is 16.8. The summed E-state index contributed by atoms with van der Waals surface area (Å²) in [4.78, 5) is 0. The minimum atomic E-state index is -1.73. The van der Waals surface area contributed by atoms with Crippen LogP contribution in [0.15, 0.2) is 23.3 Å². The molecule has 7 aliphatic rings. The summed E-state index contributed by atoms with van der Waals surface area (Å²) in [6, 6.07) is 0. The lowest BCUT2D eigenvalue weighted by molar-refractivity contribution is -0.367. The summed E-state index contributed by atoms with van der Waals surface area (Å²) in [5, 5.41) is 97.6. The van der Waals surface area contributed by atoms with E-state index in [2.05, 4.69) is 46.8 Å². The van der Waals surface area contributed by atoms with Crippen LogP contribution in [0.2, 0.25) is 0 Å². The van der Waals surface area contributed by atoms with Gasteiger partial charge in [0.2, 0.25) is 0 Å². The van der Waals surface area contributed by atoms with Crippen molar-refractivity contribution in [2.24, 2.45) is 44.3 Å². The molecule has 0 amide bonds. The number of aliphatic hydroxyl groups is 9. The minimum Gasteiger partial charge on any atom is -0.396 e. The summed E-state index contributed by atoms with van der Waals surface area (Å²) in [5.41, 5.74) is 0.476. The molecular formula is C42H68O13. The van der Waals surface area contributed by atoms with Gasteiger partial charge in [0.1, 0.15) is 42.7 Å². The Kier molecular flexibility index (Phi) is 11.0. The number of fused-ring (bicyclic) bond motifs is 6. The molecule has 0 unspecified atom stereocenters. The normalized spacial score (nSPS) is 54.9. The van der Waals surface area contributed by atoms with Gasteiger partial charge in [0.25, 0.3) is 0 Å². The number of hydrogen-bond donors (Lipinski definition) is 9. The molecule has 2 saturated heterocycles. The zero-order valence-corrected chi connectivity index (χ0v) is 33.7. The molecule has 0 bridgehead atoms. The van der Waals surface area contributed by atoms with E-state index < -0.39 is 91.1 Å². The molecule has 9 N–H and O–H groups in total. The topological polar surface area (TPSA) is 219 Å². The lowest BCUT2D eigenvalue weighted by Crippen LogP contribution is -2.67. The Bertz CT molecular complexity index is 1500. The molecule has 5 fully saturated rings. The smallest absolute Gasteiger partial charge is 0.187 e. The van der Waals surface area contributed by atoms with Gasteiger partial charge in [0.05, 0.1) is 38.1 Å². The first-order valence-corrected chi connectivity index (χ1v) is 20.6. The van der Waals surface area contributed by atoms with Crippen LogP contribution < -0.4 is 0 Å². The van der Waals surface area contributed by atoms with E-state index in [4.69, 9.17) is 18.9 Å². The second kappa shape index (κ2) is 14.3. The van der Waals surface area contributed by atoms with Crippen LogP contribution in [0.1, 0.15) is 99.8 Å². The fraction of sp³-hybridized carbons (Fsp3) is 0.905. The molecule has 0 radical (unpaired) electrons. The highest BCUT2D eigenvalue weighted by atomic mass is 16.7. The lowest BCUT2D eigenvalue weighted by Gasteiger charge is -2.70. The molecule has 0 aromatic carbocycles. The third kappa shape index (κ3) is 6.12. The summed E-state index contributed by atoms with van der Waals surface area (Å²) in [7, 11) is 0. The first-order valence-electron chi connectivity index (χ1n) is 20.6. The van der Waals surface area contributed by atoms with E-state index in [1.165, 1.54) is 11.1 Å². The average molecular weight is 781 g/mol. The molecule has 7 rings (SSSR count). The Hall–Kier alpha value is -1.04. The molecule has 2 aliphatic heterocycles. The van der Waals surface area contributed by atoms with E-state index in [9.17, 15) is 46.0 Å². The van der Waals surface area contributed by atoms with Gasteiger partial charge in [-0.25, -0.2) is 0 Å². The highest BCUT2D eigenvalue weighted by molar-refractivity contribution is 5.47. The molecule has 13 nitrogen and oxygen atoms in total. The maximum atomic E-state index is 12.0. The summed E-state index contributed by atoms with van der Waals surface area (Å²) in [6.07, 6.45) is -4.63. The van der Waals surface area contributed by atoms with E-state index in [-0.39, 0.29) is 46.7 Å². The Balaban J connectivity index is 1.15. The monoisotopic (exact) mass is 780 g/mol. The zero-order valence-electron chi connectivity index (χ0n) is 33.7. The molecule has 55 heavy (non-hydrogen) atoms. The number of hydrogen-bond acceptors (Lipinski definition) is 13. The van der Waals surface area contributed by atoms with E-state index in [1.807, 2.05) is 6.92 Å². The number of aliphatic hydroxyl groups excluding tert-OH is 9. The second-order valence-corrected chi connectivity index (χ2v) is 20.3. The van der Waals surface area contributed by atoms with Gasteiger partial charge in [-0.05, 0) is 91.9 Å². The highest BCUT2D eigenvalue weighted by Gasteiger charge is 2.69. The molecular weight excluding hydrogens is 712 g/mol. The maximum Gasteiger partial charge on any atom is 0.187 e. The summed E-state index contributed by atoms with van der Waals surface area (Å²) in [6.45, 7) is 14.4. The van der Waals surface area contributed by atoms with Crippen LogP contribution in [0.3, 0.4) is 0 Å². The number of ether oxygens (including phenoxy) is 4. The van der Waals surface area contributed by atoms with Gasteiger partial charge < -0.3 is 64.9 Å². The molecule has 5 aliphatic carbocycles. The molecule has 0 aromatic heterocycles. The van der Waals surface area contributed by atoms with Crippen molar-refractivity contribution < 1.29 is 64.9 Å². The van der Waals surface area contributed by atoms with Crippen LogP contribution in [-0.2, 0) is 18.9 Å². The van der Waals surface area contributed by atoms with E-state index in [0.29, 0.717) is 12.8 Å². The molecule has 19 atom stereocenters. The molecule has 0 aromatic rings. The van der Waals surface area contributed by atoms with Crippen LogP contribution in [0.25, 0.3) is 0 Å². The fourth-order valence-electron chi connectivity index (χ4n) is 13.0. The molecule has 2 heterocycles. The standard InChI is InChI=1S/C42H68O13/c1-21-29(47)34(55-35-32(50)31(49)30(48)24(18-43)53-35)33(51)36(52-21)54-28-11-12-38(4)25(39(28,5)19-44)10-13-40(6)26(38)9-8-22-23-16-37(2,3)14-15-42(23,20-45)27(46)17-41(22,40)7/h8-9,21,24-36,43-51H,10-20H2,1-7H3/t21-,24-,25-,26-,27-,28+,29+,30-,31+,32-,33-,34+,35+,36+,38+,39+,40-,41-,42-/m1/s1. The van der Waals surface area contributed by atoms with Gasteiger partial charge in [-0.15, -0.1) is 0 Å². The highest BCUT2D eigenvalue weighted by Crippen LogP contribution is 2.74. The van der Waals surface area contributed by atoms with E-state index >= 15 is 0 Å². The van der Waals surface area contributed by atoms with Crippen LogP contribution in [0.5, 0.6) is 0 Å².